The fourth-order valence-corrected chi connectivity index (χ4v) is 10.2. The molecule has 4 amide bonds. The van der Waals surface area contributed by atoms with E-state index in [1.807, 2.05) is 13.8 Å². The second kappa shape index (κ2) is 40.5. The Balaban J connectivity index is 0.000000827. The average molecular weight is 1570 g/mol. The van der Waals surface area contributed by atoms with Gasteiger partial charge in [-0.05, 0) is 119 Å². The number of hydrogen-bond acceptors (Lipinski definition) is 15. The highest BCUT2D eigenvalue weighted by Crippen LogP contribution is 2.49. The lowest BCUT2D eigenvalue weighted by molar-refractivity contribution is -0.134. The van der Waals surface area contributed by atoms with Crippen LogP contribution in [0.15, 0.2) is 97.3 Å². The van der Waals surface area contributed by atoms with Crippen LogP contribution >= 0.6 is 87.6 Å². The number of aryl methyl sites for hydroxylation is 2. The number of fused-ring (bicyclic) bond motifs is 2. The normalized spacial score (nSPS) is 12.0. The molecule has 520 valence electrons. The second-order valence-corrected chi connectivity index (χ2v) is 40.9. The highest BCUT2D eigenvalue weighted by Gasteiger charge is 2.35. The summed E-state index contributed by atoms with van der Waals surface area (Å²) in [4.78, 5) is 80.9. The predicted octanol–water partition coefficient (Wildman–Crippen LogP) is 15.7. The first-order chi connectivity index (χ1) is 42.8. The van der Waals surface area contributed by atoms with Crippen molar-refractivity contribution in [2.75, 3.05) is 65.4 Å². The summed E-state index contributed by atoms with van der Waals surface area (Å²) in [7, 11) is -3.04. The number of phosphoric ester groups is 2. The van der Waals surface area contributed by atoms with E-state index in [2.05, 4.69) is 66.6 Å². The molecule has 0 saturated heterocycles. The van der Waals surface area contributed by atoms with Gasteiger partial charge in [-0.1, -0.05) is 94.8 Å². The number of halogens is 7. The highest BCUT2D eigenvalue weighted by molar-refractivity contribution is 14.1. The van der Waals surface area contributed by atoms with Crippen molar-refractivity contribution in [2.24, 2.45) is 10.8 Å². The first kappa shape index (κ1) is 86.8. The van der Waals surface area contributed by atoms with Gasteiger partial charge in [0.25, 0.3) is 0 Å². The lowest BCUT2D eigenvalue weighted by Crippen LogP contribution is -2.44. The number of carbonyl (C=O) groups excluding carboxylic acids is 4. The Kier molecular flexibility index (Phi) is 37.4. The maximum Gasteiger partial charge on any atom is 0.474 e. The molecule has 6 aromatic rings. The van der Waals surface area contributed by atoms with Gasteiger partial charge in [0.05, 0.1) is 41.4 Å². The largest absolute Gasteiger partial charge is 0.474 e. The van der Waals surface area contributed by atoms with Gasteiger partial charge in [0.2, 0.25) is 11.8 Å². The molecule has 0 bridgehead atoms. The van der Waals surface area contributed by atoms with Crippen molar-refractivity contribution in [1.29, 1.82) is 5.26 Å². The van der Waals surface area contributed by atoms with E-state index >= 15 is 0 Å². The van der Waals surface area contributed by atoms with Gasteiger partial charge in [0.1, 0.15) is 53.7 Å². The number of phosphoric acid groups is 2. The molecule has 4 aromatic carbocycles. The molecule has 0 fully saturated rings. The van der Waals surface area contributed by atoms with Crippen molar-refractivity contribution in [2.45, 2.75) is 105 Å². The van der Waals surface area contributed by atoms with Gasteiger partial charge < -0.3 is 29.1 Å². The van der Waals surface area contributed by atoms with E-state index in [0.29, 0.717) is 32.7 Å². The third-order valence-corrected chi connectivity index (χ3v) is 15.7. The van der Waals surface area contributed by atoms with Crippen LogP contribution in [0.1, 0.15) is 71.4 Å². The summed E-state index contributed by atoms with van der Waals surface area (Å²) >= 11 is 14.6. The van der Waals surface area contributed by atoms with Crippen LogP contribution in [0.2, 0.25) is 29.7 Å². The molecule has 0 radical (unpaired) electrons. The van der Waals surface area contributed by atoms with Gasteiger partial charge in [0.15, 0.2) is 0 Å². The molecule has 21 nitrogen and oxygen atoms in total. The van der Waals surface area contributed by atoms with Crippen LogP contribution in [0.3, 0.4) is 0 Å². The standard InChI is InChI=1S/C29H35ClF2N3O7P.C27H31ClF2N3O7P.C3H9ISi.C2H3N.2H2S/c1-29(2,18-42-43(38,39-4)40-5)15-23(35(3)26(36)12-10-19-7-6-8-24(32)27(19)30)17-41-28(37)34-25-14-21-13-22(31)11-9-20(21)16-33-25;1-27(2,16-40-41(36,37)38)13-21(33(3)24(34)10-8-17-5-4-6-22(30)25(17)28)15-39-26(35)32-23-12-19-11-20(29)9-7-18(19)14-31-23;1-5(2,3)4;1-2-3;;/h6-9,11,13-14,16,23H,10,12,15,17-18H2,1-5H3,(H,33,34,37);4-7,9,11-12,14,21H,8,10,13,15-16H2,1-3H3,(H,31,32,35)(H2,36,37,38);1-3H3;1H3;2*1H2/t23-;21-;;;;/m00..../s1. The van der Waals surface area contributed by atoms with Gasteiger partial charge in [-0.2, -0.15) is 32.3 Å². The van der Waals surface area contributed by atoms with E-state index in [9.17, 15) is 45.9 Å². The van der Waals surface area contributed by atoms with E-state index < -0.39 is 79.6 Å². The number of anilines is 2. The van der Waals surface area contributed by atoms with Gasteiger partial charge in [0, 0.05) is 71.2 Å². The zero-order chi connectivity index (χ0) is 69.4. The number of likely N-dealkylation sites (N-methyl/N-ethyl adjacent to an activating group) is 2. The Bertz CT molecular complexity index is 3610. The van der Waals surface area contributed by atoms with E-state index in [-0.39, 0.29) is 125 Å². The molecule has 2 aromatic heterocycles. The number of ether oxygens (including phenoxy) is 2. The number of nitrogens with one attached hydrogen (secondary N) is 2. The van der Waals surface area contributed by atoms with Crippen molar-refractivity contribution >= 4 is 150 Å². The Morgan fingerprint density at radius 2 is 1.01 bits per heavy atom. The minimum absolute atomic E-state index is 0. The SMILES string of the molecule is CC#N.CN(C(=O)CCc1cccc(F)c1Cl)[C@H](COC(=O)Nc1cc2cc(F)ccc2cn1)CC(C)(C)COP(=O)(O)O.COP(=O)(OC)OCC(C)(C)C[C@@H](COC(=O)Nc1cc2cc(F)ccc2cn1)N(C)C(=O)CCc1cccc(F)c1Cl.C[Si](C)(C)I.S.S. The fourth-order valence-electron chi connectivity index (χ4n) is 8.41. The van der Waals surface area contributed by atoms with E-state index in [4.69, 9.17) is 61.3 Å². The molecule has 0 aliphatic carbocycles. The molecule has 0 aliphatic rings. The van der Waals surface area contributed by atoms with Crippen molar-refractivity contribution in [3.05, 3.63) is 142 Å². The topological polar surface area (TPSA) is 278 Å². The van der Waals surface area contributed by atoms with E-state index in [0.717, 1.165) is 0 Å². The third-order valence-electron chi connectivity index (χ3n) is 13.1. The van der Waals surface area contributed by atoms with Crippen LogP contribution in [0.4, 0.5) is 38.8 Å². The number of benzene rings is 4. The predicted molar refractivity (Wildman–Crippen MR) is 378 cm³/mol. The zero-order valence-corrected chi connectivity index (χ0v) is 62.5. The average Bonchev–Trinajstić information content (AvgIpc) is 1.09. The second-order valence-electron chi connectivity index (χ2n) is 23.2. The van der Waals surface area contributed by atoms with Crippen LogP contribution in [0.25, 0.3) is 21.5 Å². The van der Waals surface area contributed by atoms with Crippen LogP contribution in [-0.4, -0.2) is 126 Å². The number of pyridine rings is 2. The molecule has 0 unspecified atom stereocenters. The van der Waals surface area contributed by atoms with Gasteiger partial charge in [-0.15, -0.1) is 21.8 Å². The quantitative estimate of drug-likeness (QED) is 0.0129. The smallest absolute Gasteiger partial charge is 0.447 e. The molecule has 2 heterocycles. The Hall–Kier alpha value is -5.16. The zero-order valence-electron chi connectivity index (χ0n) is 54.0. The lowest BCUT2D eigenvalue weighted by Gasteiger charge is -2.35. The molecule has 2 atom stereocenters. The maximum absolute atomic E-state index is 13.9. The first-order valence-electron chi connectivity index (χ1n) is 28.2. The van der Waals surface area contributed by atoms with Gasteiger partial charge in [-0.3, -0.25) is 38.3 Å². The van der Waals surface area contributed by atoms with Crippen molar-refractivity contribution in [3.8, 4) is 6.07 Å². The first-order valence-corrected chi connectivity index (χ1v) is 38.6. The summed E-state index contributed by atoms with van der Waals surface area (Å²) in [6.45, 7) is 14.5. The van der Waals surface area contributed by atoms with Crippen LogP contribution < -0.4 is 10.6 Å². The van der Waals surface area contributed by atoms with Crippen LogP contribution in [-0.2, 0) is 59.1 Å². The molecule has 6 rings (SSSR count). The fraction of sp³-hybridized carbons (Fsp3) is 0.426. The Labute approximate surface area is 583 Å². The molecule has 4 N–H and O–H groups in total. The summed E-state index contributed by atoms with van der Waals surface area (Å²) in [5.41, 5.74) is -1.24. The molecular weight excluding hydrogens is 1480 g/mol. The van der Waals surface area contributed by atoms with Crippen molar-refractivity contribution < 1.29 is 83.2 Å². The molecule has 0 aliphatic heterocycles. The number of aromatic nitrogens is 2. The summed E-state index contributed by atoms with van der Waals surface area (Å²) in [5.74, 6) is -2.43. The molecule has 0 spiro atoms. The minimum atomic E-state index is -4.74. The summed E-state index contributed by atoms with van der Waals surface area (Å²) < 4.78 is 109. The number of rotatable bonds is 26. The lowest BCUT2D eigenvalue weighted by atomic mass is 9.86. The monoisotopic (exact) mass is 1560 g/mol. The molecule has 33 heteroatoms. The minimum Gasteiger partial charge on any atom is -0.447 e. The van der Waals surface area contributed by atoms with Crippen LogP contribution in [0.5, 0.6) is 0 Å². The summed E-state index contributed by atoms with van der Waals surface area (Å²) in [6, 6.07) is 20.4. The highest BCUT2D eigenvalue weighted by atomic mass is 127. The number of nitrogens with zero attached hydrogens (tertiary/aromatic N) is 5. The third kappa shape index (κ3) is 32.3. The summed E-state index contributed by atoms with van der Waals surface area (Å²) in [6.07, 6.45) is 1.97. The van der Waals surface area contributed by atoms with E-state index in [1.165, 1.54) is 111 Å². The number of hydrogen-bond donors (Lipinski definition) is 4. The van der Waals surface area contributed by atoms with Crippen LogP contribution in [0, 0.1) is 45.4 Å². The van der Waals surface area contributed by atoms with Gasteiger partial charge >= 0.3 is 27.8 Å². The molecule has 94 heavy (non-hydrogen) atoms. The Morgan fingerprint density at radius 1 is 0.660 bits per heavy atom. The number of carbonyl (C=O) groups is 4. The summed E-state index contributed by atoms with van der Waals surface area (Å²) in [5, 5.41) is 14.6. The number of amides is 4. The van der Waals surface area contributed by atoms with Gasteiger partial charge in [-0.25, -0.2) is 46.2 Å². The van der Waals surface area contributed by atoms with Crippen molar-refractivity contribution in [3.63, 3.8) is 0 Å². The van der Waals surface area contributed by atoms with Crippen molar-refractivity contribution in [1.82, 2.24) is 19.8 Å². The number of nitriles is 1. The van der Waals surface area contributed by atoms with E-state index in [1.54, 1.807) is 51.2 Å². The maximum atomic E-state index is 13.9. The molecule has 0 saturated carbocycles. The Morgan fingerprint density at radius 3 is 1.35 bits per heavy atom. The molecular formula is C61H82Cl2F4IN7O14P2S2Si.